The SMILES string of the molecule is Cc1nc(-c2cc3oc(-c4ccc(F)cc4)c(C(=O)OC(N)=O)c3cc2OC(C)C)no1. The number of carbonyl (C=O) groups is 2. The maximum Gasteiger partial charge on any atom is 0.412 e. The van der Waals surface area contributed by atoms with Gasteiger partial charge in [-0.3, -0.25) is 0 Å². The Morgan fingerprint density at radius 2 is 1.88 bits per heavy atom. The van der Waals surface area contributed by atoms with Gasteiger partial charge < -0.3 is 24.1 Å². The Bertz CT molecular complexity index is 1320. The lowest BCUT2D eigenvalue weighted by Crippen LogP contribution is -2.18. The number of benzene rings is 2. The van der Waals surface area contributed by atoms with Gasteiger partial charge in [0.2, 0.25) is 11.7 Å². The van der Waals surface area contributed by atoms with Gasteiger partial charge in [0.1, 0.15) is 28.5 Å². The van der Waals surface area contributed by atoms with Crippen molar-refractivity contribution in [3.8, 4) is 28.5 Å². The summed E-state index contributed by atoms with van der Waals surface area (Å²) in [7, 11) is 0. The Kier molecular flexibility index (Phi) is 5.35. The molecule has 0 radical (unpaired) electrons. The Hall–Kier alpha value is -4.21. The van der Waals surface area contributed by atoms with Crippen LogP contribution >= 0.6 is 0 Å². The van der Waals surface area contributed by atoms with E-state index in [0.29, 0.717) is 28.2 Å². The van der Waals surface area contributed by atoms with E-state index in [9.17, 15) is 14.0 Å². The van der Waals surface area contributed by atoms with E-state index in [-0.39, 0.29) is 28.8 Å². The summed E-state index contributed by atoms with van der Waals surface area (Å²) in [5, 5.41) is 4.23. The summed E-state index contributed by atoms with van der Waals surface area (Å²) in [6.45, 7) is 5.31. The normalized spacial score (nSPS) is 11.2. The zero-order valence-electron chi connectivity index (χ0n) is 17.3. The minimum atomic E-state index is -1.27. The predicted molar refractivity (Wildman–Crippen MR) is 110 cm³/mol. The fourth-order valence-corrected chi connectivity index (χ4v) is 3.21. The van der Waals surface area contributed by atoms with Crippen molar-refractivity contribution in [3.63, 3.8) is 0 Å². The van der Waals surface area contributed by atoms with Crippen LogP contribution < -0.4 is 10.5 Å². The number of halogens is 1. The first-order valence-corrected chi connectivity index (χ1v) is 9.58. The number of carbonyl (C=O) groups excluding carboxylic acids is 2. The Morgan fingerprint density at radius 1 is 1.16 bits per heavy atom. The van der Waals surface area contributed by atoms with Crippen molar-refractivity contribution < 1.29 is 32.4 Å². The average molecular weight is 439 g/mol. The Balaban J connectivity index is 1.99. The molecule has 0 fully saturated rings. The molecule has 2 heterocycles. The van der Waals surface area contributed by atoms with E-state index >= 15 is 0 Å². The third-order valence-corrected chi connectivity index (χ3v) is 4.43. The number of esters is 1. The molecule has 164 valence electrons. The largest absolute Gasteiger partial charge is 0.490 e. The van der Waals surface area contributed by atoms with E-state index in [4.69, 9.17) is 19.4 Å². The van der Waals surface area contributed by atoms with E-state index in [1.807, 2.05) is 13.8 Å². The first kappa shape index (κ1) is 21.0. The number of aryl methyl sites for hydroxylation is 1. The first-order valence-electron chi connectivity index (χ1n) is 9.58. The Labute approximate surface area is 180 Å². The molecule has 0 atom stereocenters. The maximum absolute atomic E-state index is 13.4. The van der Waals surface area contributed by atoms with Gasteiger partial charge in [0, 0.05) is 17.9 Å². The van der Waals surface area contributed by atoms with Crippen LogP contribution in [-0.2, 0) is 4.74 Å². The number of hydrogen-bond acceptors (Lipinski definition) is 8. The third-order valence-electron chi connectivity index (χ3n) is 4.43. The molecule has 0 aliphatic heterocycles. The summed E-state index contributed by atoms with van der Waals surface area (Å²) in [4.78, 5) is 28.2. The number of nitrogens with zero attached hydrogens (tertiary/aromatic N) is 2. The van der Waals surface area contributed by atoms with Gasteiger partial charge in [-0.05, 0) is 50.2 Å². The Morgan fingerprint density at radius 3 is 2.47 bits per heavy atom. The number of nitrogens with two attached hydrogens (primary N) is 1. The zero-order valence-corrected chi connectivity index (χ0v) is 17.3. The molecule has 2 aromatic heterocycles. The highest BCUT2D eigenvalue weighted by Crippen LogP contribution is 2.40. The lowest BCUT2D eigenvalue weighted by atomic mass is 10.0. The van der Waals surface area contributed by atoms with E-state index in [1.165, 1.54) is 24.3 Å². The van der Waals surface area contributed by atoms with Crippen molar-refractivity contribution in [2.24, 2.45) is 5.73 Å². The van der Waals surface area contributed by atoms with E-state index in [1.54, 1.807) is 19.1 Å². The molecule has 4 aromatic rings. The molecule has 4 rings (SSSR count). The third kappa shape index (κ3) is 4.02. The molecule has 2 N–H and O–H groups in total. The number of furan rings is 1. The molecule has 9 nitrogen and oxygen atoms in total. The monoisotopic (exact) mass is 439 g/mol. The molecule has 0 aliphatic carbocycles. The van der Waals surface area contributed by atoms with Gasteiger partial charge in [-0.2, -0.15) is 4.98 Å². The number of rotatable bonds is 5. The molecule has 2 aromatic carbocycles. The average Bonchev–Trinajstić information content (AvgIpc) is 3.30. The first-order chi connectivity index (χ1) is 15.2. The number of ether oxygens (including phenoxy) is 2. The van der Waals surface area contributed by atoms with Gasteiger partial charge in [0.15, 0.2) is 0 Å². The van der Waals surface area contributed by atoms with E-state index in [2.05, 4.69) is 14.9 Å². The summed E-state index contributed by atoms with van der Waals surface area (Å²) in [5.74, 6) is -0.437. The van der Waals surface area contributed by atoms with Crippen LogP contribution in [0.15, 0.2) is 45.3 Å². The molecule has 1 amide bonds. The van der Waals surface area contributed by atoms with Crippen LogP contribution in [0.5, 0.6) is 5.75 Å². The fraction of sp³-hybridized carbons (Fsp3) is 0.182. The van der Waals surface area contributed by atoms with Crippen molar-refractivity contribution in [1.29, 1.82) is 0 Å². The van der Waals surface area contributed by atoms with Gasteiger partial charge in [-0.1, -0.05) is 5.16 Å². The van der Waals surface area contributed by atoms with Crippen LogP contribution in [0.1, 0.15) is 30.1 Å². The van der Waals surface area contributed by atoms with Gasteiger partial charge in [0.05, 0.1) is 11.7 Å². The molecule has 0 bridgehead atoms. The van der Waals surface area contributed by atoms with Crippen molar-refractivity contribution in [1.82, 2.24) is 10.1 Å². The van der Waals surface area contributed by atoms with Crippen LogP contribution in [0.2, 0.25) is 0 Å². The highest BCUT2D eigenvalue weighted by molar-refractivity contribution is 6.12. The van der Waals surface area contributed by atoms with Crippen molar-refractivity contribution >= 4 is 23.0 Å². The van der Waals surface area contributed by atoms with Crippen molar-refractivity contribution in [3.05, 3.63) is 53.7 Å². The molecular formula is C22H18FN3O6. The molecular weight excluding hydrogens is 421 g/mol. The summed E-state index contributed by atoms with van der Waals surface area (Å²) < 4.78 is 35.0. The smallest absolute Gasteiger partial charge is 0.412 e. The number of aromatic nitrogens is 2. The number of primary amides is 1. The summed E-state index contributed by atoms with van der Waals surface area (Å²) in [6.07, 6.45) is -1.49. The van der Waals surface area contributed by atoms with Crippen molar-refractivity contribution in [2.45, 2.75) is 26.9 Å². The lowest BCUT2D eigenvalue weighted by Gasteiger charge is -2.12. The number of amides is 1. The summed E-state index contributed by atoms with van der Waals surface area (Å²) >= 11 is 0. The van der Waals surface area contributed by atoms with Gasteiger partial charge >= 0.3 is 12.1 Å². The van der Waals surface area contributed by atoms with E-state index in [0.717, 1.165) is 0 Å². The molecule has 0 saturated heterocycles. The molecule has 0 unspecified atom stereocenters. The topological polar surface area (TPSA) is 131 Å². The molecule has 32 heavy (non-hydrogen) atoms. The summed E-state index contributed by atoms with van der Waals surface area (Å²) in [6, 6.07) is 8.45. The van der Waals surface area contributed by atoms with Crippen LogP contribution in [-0.4, -0.2) is 28.3 Å². The maximum atomic E-state index is 13.4. The van der Waals surface area contributed by atoms with Gasteiger partial charge in [0.25, 0.3) is 0 Å². The molecule has 0 saturated carbocycles. The molecule has 10 heteroatoms. The van der Waals surface area contributed by atoms with Crippen LogP contribution in [0.4, 0.5) is 9.18 Å². The van der Waals surface area contributed by atoms with Crippen molar-refractivity contribution in [2.75, 3.05) is 0 Å². The zero-order chi connectivity index (χ0) is 23.0. The predicted octanol–water partition coefficient (Wildman–Crippen LogP) is 4.62. The molecule has 0 spiro atoms. The molecule has 0 aliphatic rings. The van der Waals surface area contributed by atoms with E-state index < -0.39 is 17.9 Å². The highest BCUT2D eigenvalue weighted by atomic mass is 19.1. The summed E-state index contributed by atoms with van der Waals surface area (Å²) in [5.41, 5.74) is 6.10. The van der Waals surface area contributed by atoms with Crippen LogP contribution in [0.3, 0.4) is 0 Å². The minimum Gasteiger partial charge on any atom is -0.490 e. The van der Waals surface area contributed by atoms with Gasteiger partial charge in [-0.15, -0.1) is 0 Å². The number of hydrogen-bond donors (Lipinski definition) is 1. The fourth-order valence-electron chi connectivity index (χ4n) is 3.21. The van der Waals surface area contributed by atoms with Crippen LogP contribution in [0.25, 0.3) is 33.7 Å². The second kappa shape index (κ2) is 8.14. The quantitative estimate of drug-likeness (QED) is 0.352. The van der Waals surface area contributed by atoms with Crippen LogP contribution in [0, 0.1) is 12.7 Å². The second-order valence-electron chi connectivity index (χ2n) is 7.17. The standard InChI is InChI=1S/C22H18FN3O6/c1-10(2)29-17-8-14-16(9-15(17)20-25-11(3)32-26-20)30-19(12-4-6-13(23)7-5-12)18(14)21(27)31-22(24)28/h4-10H,1-3H3,(H2,24,28). The lowest BCUT2D eigenvalue weighted by molar-refractivity contribution is 0.0640. The second-order valence-corrected chi connectivity index (χ2v) is 7.17. The van der Waals surface area contributed by atoms with Gasteiger partial charge in [-0.25, -0.2) is 14.0 Å². The minimum absolute atomic E-state index is 0.0603. The highest BCUT2D eigenvalue weighted by Gasteiger charge is 2.27. The number of fused-ring (bicyclic) bond motifs is 1.